The fourth-order valence-electron chi connectivity index (χ4n) is 8.71. The number of carbonyl (C=O) groups excluding carboxylic acids is 4. The topological polar surface area (TPSA) is 189 Å². The molecule has 16 nitrogen and oxygen atoms in total. The minimum atomic E-state index is -0.762. The van der Waals surface area contributed by atoms with E-state index in [0.29, 0.717) is 59.1 Å². The third kappa shape index (κ3) is 7.30. The van der Waals surface area contributed by atoms with E-state index in [0.717, 1.165) is 41.8 Å². The zero-order valence-electron chi connectivity index (χ0n) is 34.5. The van der Waals surface area contributed by atoms with Crippen LogP contribution in [0.2, 0.25) is 0 Å². The van der Waals surface area contributed by atoms with E-state index >= 15 is 4.39 Å². The molecule has 0 unspecified atom stereocenters. The Morgan fingerprint density at radius 3 is 1.90 bits per heavy atom. The van der Waals surface area contributed by atoms with Crippen molar-refractivity contribution in [3.63, 3.8) is 0 Å². The van der Waals surface area contributed by atoms with Crippen molar-refractivity contribution in [1.82, 2.24) is 44.9 Å². The Morgan fingerprint density at radius 2 is 1.33 bits per heavy atom. The molecule has 0 saturated carbocycles. The maximum Gasteiger partial charge on any atom is 0.407 e. The Bertz CT molecular complexity index is 2450. The molecular weight excluding hydrogens is 774 g/mol. The van der Waals surface area contributed by atoms with Crippen molar-refractivity contribution in [2.45, 2.75) is 84.3 Å². The van der Waals surface area contributed by atoms with Crippen LogP contribution in [0.25, 0.3) is 44.7 Å². The van der Waals surface area contributed by atoms with Crippen LogP contribution in [0.3, 0.4) is 0 Å². The summed E-state index contributed by atoms with van der Waals surface area (Å²) in [5, 5.41) is 5.78. The highest BCUT2D eigenvalue weighted by Crippen LogP contribution is 2.43. The smallest absolute Gasteiger partial charge is 0.407 e. The minimum Gasteiger partial charge on any atom is -0.472 e. The summed E-state index contributed by atoms with van der Waals surface area (Å²) in [6, 6.07) is 9.15. The number of benzene rings is 2. The number of nitrogens with zero attached hydrogens (tertiary/aromatic N) is 5. The molecule has 2 saturated heterocycles. The number of carbonyl (C=O) groups is 4. The van der Waals surface area contributed by atoms with Crippen molar-refractivity contribution in [2.75, 3.05) is 27.3 Å². The van der Waals surface area contributed by atoms with Crippen molar-refractivity contribution in [3.05, 3.63) is 66.3 Å². The van der Waals surface area contributed by atoms with Crippen LogP contribution in [0.5, 0.6) is 5.75 Å². The second-order valence-electron chi connectivity index (χ2n) is 16.3. The van der Waals surface area contributed by atoms with E-state index in [9.17, 15) is 19.2 Å². The second-order valence-corrected chi connectivity index (χ2v) is 16.3. The van der Waals surface area contributed by atoms with Crippen LogP contribution < -0.4 is 15.4 Å². The van der Waals surface area contributed by atoms with Gasteiger partial charge in [0, 0.05) is 35.2 Å². The fraction of sp³-hybridized carbons (Fsp3) is 0.442. The summed E-state index contributed by atoms with van der Waals surface area (Å²) in [6.45, 7) is 8.73. The summed E-state index contributed by atoms with van der Waals surface area (Å²) in [6.07, 6.45) is 5.00. The summed E-state index contributed by atoms with van der Waals surface area (Å²) in [5.74, 6) is 0.740. The van der Waals surface area contributed by atoms with Crippen molar-refractivity contribution in [2.24, 2.45) is 11.8 Å². The van der Waals surface area contributed by atoms with Crippen molar-refractivity contribution in [3.8, 4) is 39.5 Å². The SMILES string of the molecule is COC(=O)N[C@H](C(=O)N1CCC[C@H]1c1ncc(-c2ccc3c(c2)OCn2c-3cc3c(F)c(-c4cnc([C@@H]5CCCN5C(=O)[C@@H](NC(=O)OC)C(C)C)[nH]4)ccc32)[nH]1)C(C)C. The van der Waals surface area contributed by atoms with Gasteiger partial charge in [-0.15, -0.1) is 0 Å². The Hall–Kier alpha value is -6.39. The molecule has 60 heavy (non-hydrogen) atoms. The highest BCUT2D eigenvalue weighted by atomic mass is 19.1. The molecule has 0 radical (unpaired) electrons. The van der Waals surface area contributed by atoms with Gasteiger partial charge in [0.25, 0.3) is 0 Å². The number of alkyl carbamates (subject to hydrolysis) is 2. The number of amides is 4. The molecular formula is C43H50FN9O7. The quantitative estimate of drug-likeness (QED) is 0.119. The minimum absolute atomic E-state index is 0.140. The average molecular weight is 824 g/mol. The molecule has 4 N–H and O–H groups in total. The standard InChI is InChI=1S/C43H50FN9O7/c1-22(2)36(49-42(56)58-5)40(54)51-15-7-9-31(51)38-45-19-28(47-38)24-11-12-26-33-18-27-30(53(33)21-60-34(26)17-24)14-13-25(35(27)44)29-20-46-39(48-29)32-10-8-16-52(32)41(55)37(23(3)4)50-43(57)59-6/h11-14,17-20,22-23,31-32,36-37H,7-10,15-16,21H2,1-6H3,(H,45,47)(H,46,48)(H,49,56)(H,50,57)/t31-,32-,36-,37-/m0/s1. The number of halogens is 1. The lowest BCUT2D eigenvalue weighted by molar-refractivity contribution is -0.136. The number of H-pyrrole nitrogens is 2. The first-order chi connectivity index (χ1) is 28.9. The lowest BCUT2D eigenvalue weighted by Gasteiger charge is -2.30. The molecule has 0 aliphatic carbocycles. The van der Waals surface area contributed by atoms with E-state index in [-0.39, 0.29) is 42.5 Å². The Morgan fingerprint density at radius 1 is 0.783 bits per heavy atom. The maximum absolute atomic E-state index is 16.5. The molecule has 4 atom stereocenters. The lowest BCUT2D eigenvalue weighted by Crippen LogP contribution is -2.51. The molecule has 3 aliphatic heterocycles. The van der Waals surface area contributed by atoms with E-state index in [1.165, 1.54) is 14.2 Å². The molecule has 5 aromatic rings. The summed E-state index contributed by atoms with van der Waals surface area (Å²) in [5.41, 5.74) is 4.73. The zero-order chi connectivity index (χ0) is 42.4. The van der Waals surface area contributed by atoms with Crippen LogP contribution in [0, 0.1) is 17.7 Å². The van der Waals surface area contributed by atoms with Gasteiger partial charge in [0.1, 0.15) is 35.3 Å². The Labute approximate surface area is 346 Å². The number of hydrogen-bond acceptors (Lipinski definition) is 9. The zero-order valence-corrected chi connectivity index (χ0v) is 34.5. The van der Waals surface area contributed by atoms with Gasteiger partial charge in [0.05, 0.1) is 61.3 Å². The van der Waals surface area contributed by atoms with Crippen molar-refractivity contribution >= 4 is 34.9 Å². The number of fused-ring (bicyclic) bond motifs is 5. The normalized spacial score (nSPS) is 18.3. The lowest BCUT2D eigenvalue weighted by atomic mass is 10.0. The number of methoxy groups -OCH3 is 2. The number of rotatable bonds is 10. The number of imidazole rings is 2. The molecule has 4 amide bonds. The van der Waals surface area contributed by atoms with E-state index in [1.54, 1.807) is 28.3 Å². The van der Waals surface area contributed by atoms with Gasteiger partial charge >= 0.3 is 12.2 Å². The third-order valence-corrected chi connectivity index (χ3v) is 11.9. The van der Waals surface area contributed by atoms with E-state index in [4.69, 9.17) is 14.2 Å². The van der Waals surface area contributed by atoms with Gasteiger partial charge in [-0.05, 0) is 67.9 Å². The number of likely N-dealkylation sites (tertiary alicyclic amines) is 2. The van der Waals surface area contributed by atoms with Gasteiger partial charge < -0.3 is 49.2 Å². The van der Waals surface area contributed by atoms with Gasteiger partial charge in [-0.1, -0.05) is 33.8 Å². The predicted molar refractivity (Wildman–Crippen MR) is 219 cm³/mol. The first-order valence-electron chi connectivity index (χ1n) is 20.4. The van der Waals surface area contributed by atoms with Crippen LogP contribution >= 0.6 is 0 Å². The average Bonchev–Trinajstić information content (AvgIpc) is 4.10. The summed E-state index contributed by atoms with van der Waals surface area (Å²) >= 11 is 0. The number of aromatic amines is 2. The van der Waals surface area contributed by atoms with Gasteiger partial charge in [-0.25, -0.2) is 23.9 Å². The van der Waals surface area contributed by atoms with Crippen LogP contribution in [0.4, 0.5) is 14.0 Å². The van der Waals surface area contributed by atoms with Gasteiger partial charge in [0.2, 0.25) is 11.8 Å². The summed E-state index contributed by atoms with van der Waals surface area (Å²) < 4.78 is 34.2. The molecule has 2 fully saturated rings. The molecule has 3 aromatic heterocycles. The van der Waals surface area contributed by atoms with Crippen LogP contribution in [-0.2, 0) is 25.8 Å². The first kappa shape index (κ1) is 40.4. The molecule has 316 valence electrons. The molecule has 6 heterocycles. The summed E-state index contributed by atoms with van der Waals surface area (Å²) in [4.78, 5) is 70.8. The van der Waals surface area contributed by atoms with E-state index in [2.05, 4.69) is 30.6 Å². The molecule has 2 aromatic carbocycles. The monoisotopic (exact) mass is 823 g/mol. The predicted octanol–water partition coefficient (Wildman–Crippen LogP) is 6.67. The van der Waals surface area contributed by atoms with Crippen LogP contribution in [0.1, 0.15) is 77.1 Å². The molecule has 0 spiro atoms. The number of hydrogen-bond donors (Lipinski definition) is 4. The van der Waals surface area contributed by atoms with Gasteiger partial charge in [-0.3, -0.25) is 9.59 Å². The fourth-order valence-corrected chi connectivity index (χ4v) is 8.71. The number of ether oxygens (including phenoxy) is 3. The highest BCUT2D eigenvalue weighted by Gasteiger charge is 2.39. The van der Waals surface area contributed by atoms with Gasteiger partial charge in [-0.2, -0.15) is 0 Å². The largest absolute Gasteiger partial charge is 0.472 e. The highest BCUT2D eigenvalue weighted by molar-refractivity contribution is 5.93. The van der Waals surface area contributed by atoms with Gasteiger partial charge in [0.15, 0.2) is 6.73 Å². The summed E-state index contributed by atoms with van der Waals surface area (Å²) in [7, 11) is 2.54. The molecule has 8 rings (SSSR count). The van der Waals surface area contributed by atoms with E-state index in [1.807, 2.05) is 62.6 Å². The Balaban J connectivity index is 1.01. The maximum atomic E-state index is 16.5. The number of nitrogens with one attached hydrogen (secondary N) is 4. The molecule has 0 bridgehead atoms. The molecule has 17 heteroatoms. The third-order valence-electron chi connectivity index (χ3n) is 11.9. The number of aromatic nitrogens is 5. The van der Waals surface area contributed by atoms with E-state index < -0.39 is 30.1 Å². The van der Waals surface area contributed by atoms with Crippen molar-refractivity contribution < 1.29 is 37.8 Å². The first-order valence-corrected chi connectivity index (χ1v) is 20.4. The molecule has 3 aliphatic rings. The van der Waals surface area contributed by atoms with Crippen LogP contribution in [-0.4, -0.2) is 97.7 Å². The Kier molecular flexibility index (Phi) is 11.0. The van der Waals surface area contributed by atoms with Crippen molar-refractivity contribution in [1.29, 1.82) is 0 Å². The van der Waals surface area contributed by atoms with Crippen LogP contribution in [0.15, 0.2) is 48.8 Å². The second kappa shape index (κ2) is 16.3.